The topological polar surface area (TPSA) is 78.6 Å². The minimum atomic E-state index is -0.302. The molecule has 8 heteroatoms. The second-order valence-corrected chi connectivity index (χ2v) is 8.77. The lowest BCUT2D eigenvalue weighted by Crippen LogP contribution is -2.44. The molecule has 33 heavy (non-hydrogen) atoms. The number of benzene rings is 1. The van der Waals surface area contributed by atoms with Crippen LogP contribution in [0.4, 0.5) is 15.9 Å². The van der Waals surface area contributed by atoms with Crippen molar-refractivity contribution in [3.8, 4) is 11.3 Å². The fourth-order valence-corrected chi connectivity index (χ4v) is 4.34. The van der Waals surface area contributed by atoms with Crippen molar-refractivity contribution in [2.75, 3.05) is 43.9 Å². The number of nitrogen functional groups attached to an aromatic ring is 1. The van der Waals surface area contributed by atoms with Gasteiger partial charge >= 0.3 is 0 Å². The van der Waals surface area contributed by atoms with Crippen LogP contribution < -0.4 is 10.6 Å². The van der Waals surface area contributed by atoms with E-state index in [1.807, 2.05) is 11.1 Å². The molecule has 4 heterocycles. The summed E-state index contributed by atoms with van der Waals surface area (Å²) in [6, 6.07) is 11.8. The summed E-state index contributed by atoms with van der Waals surface area (Å²) >= 11 is 0. The summed E-state index contributed by atoms with van der Waals surface area (Å²) in [7, 11) is 2.13. The number of pyridine rings is 2. The molecule has 0 aliphatic carbocycles. The number of aromatic nitrogens is 2. The smallest absolute Gasteiger partial charge is 0.229 e. The van der Waals surface area contributed by atoms with E-state index >= 15 is 0 Å². The predicted octanol–water partition coefficient (Wildman–Crippen LogP) is 2.70. The highest BCUT2D eigenvalue weighted by Crippen LogP contribution is 2.27. The van der Waals surface area contributed by atoms with Gasteiger partial charge in [0.2, 0.25) is 5.91 Å². The van der Waals surface area contributed by atoms with Crippen LogP contribution in [0, 0.1) is 5.82 Å². The lowest BCUT2D eigenvalue weighted by atomic mass is 10.1. The number of nitrogens with zero attached hydrogens (tertiary/aromatic N) is 5. The molecule has 2 aliphatic heterocycles. The third-order valence-electron chi connectivity index (χ3n) is 6.44. The summed E-state index contributed by atoms with van der Waals surface area (Å²) in [6.45, 7) is 5.07. The lowest BCUT2D eigenvalue weighted by molar-refractivity contribution is -0.131. The van der Waals surface area contributed by atoms with Gasteiger partial charge in [-0.1, -0.05) is 0 Å². The van der Waals surface area contributed by atoms with E-state index in [2.05, 4.69) is 32.9 Å². The Morgan fingerprint density at radius 2 is 1.76 bits per heavy atom. The van der Waals surface area contributed by atoms with Gasteiger partial charge in [-0.25, -0.2) is 9.37 Å². The Balaban J connectivity index is 1.28. The summed E-state index contributed by atoms with van der Waals surface area (Å²) in [6.07, 6.45) is 2.02. The van der Waals surface area contributed by atoms with Gasteiger partial charge in [-0.3, -0.25) is 9.78 Å². The average molecular weight is 447 g/mol. The van der Waals surface area contributed by atoms with Gasteiger partial charge in [0.25, 0.3) is 0 Å². The van der Waals surface area contributed by atoms with Crippen molar-refractivity contribution in [1.82, 2.24) is 19.8 Å². The number of halogens is 1. The lowest BCUT2D eigenvalue weighted by Gasteiger charge is -2.33. The number of fused-ring (bicyclic) bond motifs is 1. The third kappa shape index (κ3) is 4.52. The Bertz CT molecular complexity index is 1170. The van der Waals surface area contributed by atoms with Crippen LogP contribution in [0.3, 0.4) is 0 Å². The van der Waals surface area contributed by atoms with Crippen LogP contribution in [0.25, 0.3) is 11.3 Å². The average Bonchev–Trinajstić information content (AvgIpc) is 3.25. The maximum atomic E-state index is 13.2. The first-order valence-corrected chi connectivity index (χ1v) is 11.2. The van der Waals surface area contributed by atoms with Gasteiger partial charge in [0, 0.05) is 51.0 Å². The van der Waals surface area contributed by atoms with E-state index in [1.54, 1.807) is 24.3 Å². The molecule has 0 bridgehead atoms. The number of nitrogens with two attached hydrogens (primary N) is 1. The zero-order chi connectivity index (χ0) is 22.9. The molecule has 0 atom stereocenters. The molecular weight excluding hydrogens is 419 g/mol. The van der Waals surface area contributed by atoms with Crippen molar-refractivity contribution in [1.29, 1.82) is 0 Å². The first kappa shape index (κ1) is 21.3. The van der Waals surface area contributed by atoms with Crippen LogP contribution in [0.5, 0.6) is 0 Å². The van der Waals surface area contributed by atoms with Gasteiger partial charge in [-0.15, -0.1) is 0 Å². The Morgan fingerprint density at radius 1 is 1.03 bits per heavy atom. The van der Waals surface area contributed by atoms with Crippen LogP contribution in [-0.2, 0) is 24.3 Å². The van der Waals surface area contributed by atoms with Crippen LogP contribution in [0.2, 0.25) is 0 Å². The molecule has 0 spiro atoms. The molecule has 1 aromatic carbocycles. The van der Waals surface area contributed by atoms with E-state index in [0.717, 1.165) is 48.7 Å². The Labute approximate surface area is 192 Å². The van der Waals surface area contributed by atoms with Crippen molar-refractivity contribution >= 4 is 17.4 Å². The van der Waals surface area contributed by atoms with E-state index in [0.29, 0.717) is 30.2 Å². The zero-order valence-corrected chi connectivity index (χ0v) is 18.7. The van der Waals surface area contributed by atoms with Crippen LogP contribution in [0.1, 0.15) is 16.8 Å². The number of hydrogen-bond acceptors (Lipinski definition) is 6. The highest BCUT2D eigenvalue weighted by molar-refractivity contribution is 5.81. The molecule has 1 amide bonds. The largest absolute Gasteiger partial charge is 0.397 e. The van der Waals surface area contributed by atoms with Crippen molar-refractivity contribution in [3.63, 3.8) is 0 Å². The number of likely N-dealkylation sites (N-methyl/N-ethyl adjacent to an activating group) is 1. The Morgan fingerprint density at radius 3 is 2.52 bits per heavy atom. The molecule has 2 N–H and O–H groups in total. The van der Waals surface area contributed by atoms with Crippen molar-refractivity contribution in [3.05, 3.63) is 71.3 Å². The van der Waals surface area contributed by atoms with Crippen molar-refractivity contribution < 1.29 is 9.18 Å². The van der Waals surface area contributed by atoms with E-state index in [9.17, 15) is 9.18 Å². The minimum absolute atomic E-state index is 0.0252. The molecule has 1 fully saturated rings. The summed E-state index contributed by atoms with van der Waals surface area (Å²) in [5.74, 6) is 0.653. The Hall–Kier alpha value is -3.52. The number of carbonyl (C=O) groups is 1. The van der Waals surface area contributed by atoms with Crippen molar-refractivity contribution in [2.45, 2.75) is 19.5 Å². The standard InChI is InChI=1S/C25H27FN6O/c1-30-8-10-31(11-9-30)24-12-18-15-32(16-19(18)14-28-24)25(33)13-23-21(27)6-7-22(29-23)17-2-4-20(26)5-3-17/h2-7,12,14H,8-11,13,15-16,27H2,1H3. The minimum Gasteiger partial charge on any atom is -0.397 e. The summed E-state index contributed by atoms with van der Waals surface area (Å²) < 4.78 is 13.2. The number of amides is 1. The number of anilines is 2. The molecule has 7 nitrogen and oxygen atoms in total. The summed E-state index contributed by atoms with van der Waals surface area (Å²) in [5, 5.41) is 0. The number of piperazine rings is 1. The highest BCUT2D eigenvalue weighted by atomic mass is 19.1. The summed E-state index contributed by atoms with van der Waals surface area (Å²) in [5.41, 5.74) is 10.8. The molecule has 2 aromatic heterocycles. The maximum Gasteiger partial charge on any atom is 0.229 e. The second-order valence-electron chi connectivity index (χ2n) is 8.77. The quantitative estimate of drug-likeness (QED) is 0.664. The number of hydrogen-bond donors (Lipinski definition) is 1. The molecule has 2 aliphatic rings. The van der Waals surface area contributed by atoms with Crippen LogP contribution in [-0.4, -0.2) is 58.9 Å². The van der Waals surface area contributed by atoms with E-state index in [4.69, 9.17) is 5.73 Å². The second kappa shape index (κ2) is 8.78. The fraction of sp³-hybridized carbons (Fsp3) is 0.320. The third-order valence-corrected chi connectivity index (χ3v) is 6.44. The van der Waals surface area contributed by atoms with Gasteiger partial charge in [0.1, 0.15) is 11.6 Å². The molecule has 170 valence electrons. The molecular formula is C25H27FN6O. The fourth-order valence-electron chi connectivity index (χ4n) is 4.34. The van der Waals surface area contributed by atoms with Gasteiger partial charge in [-0.05, 0) is 60.6 Å². The van der Waals surface area contributed by atoms with Gasteiger partial charge in [0.05, 0.1) is 23.5 Å². The highest BCUT2D eigenvalue weighted by Gasteiger charge is 2.26. The first-order chi connectivity index (χ1) is 16.0. The zero-order valence-electron chi connectivity index (χ0n) is 18.7. The molecule has 1 saturated heterocycles. The molecule has 5 rings (SSSR count). The van der Waals surface area contributed by atoms with E-state index in [-0.39, 0.29) is 18.1 Å². The van der Waals surface area contributed by atoms with Crippen LogP contribution >= 0.6 is 0 Å². The molecule has 0 radical (unpaired) electrons. The van der Waals surface area contributed by atoms with Gasteiger partial charge in [-0.2, -0.15) is 0 Å². The van der Waals surface area contributed by atoms with E-state index < -0.39 is 0 Å². The van der Waals surface area contributed by atoms with E-state index in [1.165, 1.54) is 12.1 Å². The molecule has 0 saturated carbocycles. The SMILES string of the molecule is CN1CCN(c2cc3c(cn2)CN(C(=O)Cc2nc(-c4ccc(F)cc4)ccc2N)C3)CC1. The predicted molar refractivity (Wildman–Crippen MR) is 126 cm³/mol. The monoisotopic (exact) mass is 446 g/mol. The number of rotatable bonds is 4. The van der Waals surface area contributed by atoms with Crippen molar-refractivity contribution in [2.24, 2.45) is 0 Å². The van der Waals surface area contributed by atoms with Gasteiger partial charge < -0.3 is 20.4 Å². The Kier molecular flexibility index (Phi) is 5.68. The molecule has 3 aromatic rings. The van der Waals surface area contributed by atoms with Crippen LogP contribution in [0.15, 0.2) is 48.7 Å². The number of carbonyl (C=O) groups excluding carboxylic acids is 1. The first-order valence-electron chi connectivity index (χ1n) is 11.2. The normalized spacial score (nSPS) is 16.2. The maximum absolute atomic E-state index is 13.2. The molecule has 0 unspecified atom stereocenters. The summed E-state index contributed by atoms with van der Waals surface area (Å²) in [4.78, 5) is 28.8. The van der Waals surface area contributed by atoms with Gasteiger partial charge in [0.15, 0.2) is 0 Å².